The van der Waals surface area contributed by atoms with Gasteiger partial charge in [-0.2, -0.15) is 0 Å². The van der Waals surface area contributed by atoms with Crippen molar-refractivity contribution < 1.29 is 4.79 Å². The average molecular weight is 360 g/mol. The minimum Gasteiger partial charge on any atom is -0.376 e. The number of aryl methyl sites for hydroxylation is 2. The summed E-state index contributed by atoms with van der Waals surface area (Å²) in [5.41, 5.74) is 3.45. The van der Waals surface area contributed by atoms with Crippen molar-refractivity contribution in [1.82, 2.24) is 10.6 Å². The molecule has 2 saturated heterocycles. The van der Waals surface area contributed by atoms with Gasteiger partial charge in [0.25, 0.3) is 0 Å². The number of amides is 1. The second-order valence-corrected chi connectivity index (χ2v) is 6.49. The standard InChI is InChI=1S/C17H25N3O.2ClH/c1-11-4-3-5-12(2)17(11)18-10-16(21)20-15-8-13-6-7-14(9-15)19-13;;/h3-5,13-15,18-19H,6-10H2,1-2H3,(H,20,21);2*1H. The van der Waals surface area contributed by atoms with Gasteiger partial charge < -0.3 is 16.0 Å². The van der Waals surface area contributed by atoms with Crippen LogP contribution in [-0.2, 0) is 4.79 Å². The molecule has 2 aliphatic heterocycles. The van der Waals surface area contributed by atoms with Gasteiger partial charge in [0.05, 0.1) is 6.54 Å². The third-order valence-electron chi connectivity index (χ3n) is 4.75. The van der Waals surface area contributed by atoms with Gasteiger partial charge in [0.1, 0.15) is 0 Å². The zero-order chi connectivity index (χ0) is 14.8. The molecular weight excluding hydrogens is 333 g/mol. The fourth-order valence-corrected chi connectivity index (χ4v) is 3.72. The van der Waals surface area contributed by atoms with Crippen molar-refractivity contribution in [3.8, 4) is 0 Å². The summed E-state index contributed by atoms with van der Waals surface area (Å²) in [5.74, 6) is 0.101. The van der Waals surface area contributed by atoms with Gasteiger partial charge in [0.15, 0.2) is 0 Å². The first kappa shape index (κ1) is 20.1. The van der Waals surface area contributed by atoms with Gasteiger partial charge in [-0.15, -0.1) is 24.8 Å². The maximum atomic E-state index is 12.1. The lowest BCUT2D eigenvalue weighted by Crippen LogP contribution is -2.49. The van der Waals surface area contributed by atoms with E-state index in [1.165, 1.54) is 24.0 Å². The molecule has 130 valence electrons. The molecule has 0 spiro atoms. The number of nitrogens with one attached hydrogen (secondary N) is 3. The van der Waals surface area contributed by atoms with E-state index in [0.29, 0.717) is 24.7 Å². The predicted molar refractivity (Wildman–Crippen MR) is 100 cm³/mol. The molecule has 4 nitrogen and oxygen atoms in total. The minimum absolute atomic E-state index is 0. The zero-order valence-electron chi connectivity index (χ0n) is 13.7. The summed E-state index contributed by atoms with van der Waals surface area (Å²) < 4.78 is 0. The third kappa shape index (κ3) is 5.00. The Labute approximate surface area is 151 Å². The average Bonchev–Trinajstić information content (AvgIpc) is 2.77. The molecule has 23 heavy (non-hydrogen) atoms. The second-order valence-electron chi connectivity index (χ2n) is 6.49. The number of carbonyl (C=O) groups is 1. The topological polar surface area (TPSA) is 53.2 Å². The summed E-state index contributed by atoms with van der Waals surface area (Å²) in [6, 6.07) is 7.74. The van der Waals surface area contributed by atoms with Crippen molar-refractivity contribution in [3.05, 3.63) is 29.3 Å². The number of benzene rings is 1. The van der Waals surface area contributed by atoms with Crippen molar-refractivity contribution >= 4 is 36.4 Å². The summed E-state index contributed by atoms with van der Waals surface area (Å²) in [4.78, 5) is 12.1. The van der Waals surface area contributed by atoms with Gasteiger partial charge in [0.2, 0.25) is 5.91 Å². The van der Waals surface area contributed by atoms with E-state index in [-0.39, 0.29) is 30.7 Å². The van der Waals surface area contributed by atoms with Gasteiger partial charge in [-0.05, 0) is 50.7 Å². The number of anilines is 1. The van der Waals surface area contributed by atoms with Crippen LogP contribution in [0.5, 0.6) is 0 Å². The van der Waals surface area contributed by atoms with E-state index in [1.807, 2.05) is 6.07 Å². The molecule has 0 aliphatic carbocycles. The summed E-state index contributed by atoms with van der Waals surface area (Å²) in [5, 5.41) is 10.1. The third-order valence-corrected chi connectivity index (χ3v) is 4.75. The monoisotopic (exact) mass is 359 g/mol. The zero-order valence-corrected chi connectivity index (χ0v) is 15.4. The lowest BCUT2D eigenvalue weighted by atomic mass is 10.00. The highest BCUT2D eigenvalue weighted by Gasteiger charge is 2.33. The Kier molecular flexibility index (Phi) is 7.65. The van der Waals surface area contributed by atoms with Crippen LogP contribution in [0.4, 0.5) is 5.69 Å². The highest BCUT2D eigenvalue weighted by atomic mass is 35.5. The van der Waals surface area contributed by atoms with E-state index in [0.717, 1.165) is 18.5 Å². The van der Waals surface area contributed by atoms with Crippen LogP contribution >= 0.6 is 24.8 Å². The first-order chi connectivity index (χ1) is 10.1. The molecule has 6 heteroatoms. The Morgan fingerprint density at radius 3 is 2.26 bits per heavy atom. The molecule has 1 aromatic rings. The van der Waals surface area contributed by atoms with Gasteiger partial charge in [0, 0.05) is 23.8 Å². The molecule has 2 fully saturated rings. The largest absolute Gasteiger partial charge is 0.376 e. The molecular formula is C17H27Cl2N3O. The van der Waals surface area contributed by atoms with Crippen molar-refractivity contribution in [2.45, 2.75) is 57.7 Å². The Balaban J connectivity index is 0.00000132. The Hall–Kier alpha value is -0.970. The van der Waals surface area contributed by atoms with E-state index in [2.05, 4.69) is 41.9 Å². The SMILES string of the molecule is Cc1cccc(C)c1NCC(=O)NC1CC2CCC(C1)N2.Cl.Cl. The fourth-order valence-electron chi connectivity index (χ4n) is 3.72. The smallest absolute Gasteiger partial charge is 0.239 e. The van der Waals surface area contributed by atoms with Crippen LogP contribution in [-0.4, -0.2) is 30.6 Å². The number of halogens is 2. The number of rotatable bonds is 4. The van der Waals surface area contributed by atoms with Crippen LogP contribution in [0.2, 0.25) is 0 Å². The number of hydrogen-bond acceptors (Lipinski definition) is 3. The van der Waals surface area contributed by atoms with Crippen LogP contribution in [0.15, 0.2) is 18.2 Å². The van der Waals surface area contributed by atoms with Crippen molar-refractivity contribution in [2.24, 2.45) is 0 Å². The maximum absolute atomic E-state index is 12.1. The molecule has 2 atom stereocenters. The number of carbonyl (C=O) groups excluding carboxylic acids is 1. The molecule has 1 aromatic carbocycles. The van der Waals surface area contributed by atoms with E-state index < -0.39 is 0 Å². The molecule has 2 bridgehead atoms. The molecule has 3 rings (SSSR count). The molecule has 2 heterocycles. The second kappa shape index (κ2) is 8.76. The van der Waals surface area contributed by atoms with Crippen molar-refractivity contribution in [3.63, 3.8) is 0 Å². The molecule has 3 N–H and O–H groups in total. The first-order valence-electron chi connectivity index (χ1n) is 7.97. The molecule has 2 unspecified atom stereocenters. The summed E-state index contributed by atoms with van der Waals surface area (Å²) in [7, 11) is 0. The van der Waals surface area contributed by atoms with Crippen LogP contribution in [0.25, 0.3) is 0 Å². The normalized spacial score (nSPS) is 25.0. The summed E-state index contributed by atoms with van der Waals surface area (Å²) >= 11 is 0. The number of para-hydroxylation sites is 1. The van der Waals surface area contributed by atoms with Gasteiger partial charge >= 0.3 is 0 Å². The number of fused-ring (bicyclic) bond motifs is 2. The van der Waals surface area contributed by atoms with Crippen LogP contribution in [0.1, 0.15) is 36.8 Å². The minimum atomic E-state index is 0. The van der Waals surface area contributed by atoms with Gasteiger partial charge in [-0.1, -0.05) is 18.2 Å². The molecule has 0 aromatic heterocycles. The van der Waals surface area contributed by atoms with E-state index >= 15 is 0 Å². The van der Waals surface area contributed by atoms with E-state index in [9.17, 15) is 4.79 Å². The van der Waals surface area contributed by atoms with Crippen LogP contribution in [0, 0.1) is 13.8 Å². The lowest BCUT2D eigenvalue weighted by molar-refractivity contribution is -0.120. The molecule has 0 radical (unpaired) electrons. The Morgan fingerprint density at radius 1 is 1.13 bits per heavy atom. The summed E-state index contributed by atoms with van der Waals surface area (Å²) in [6.45, 7) is 4.49. The Morgan fingerprint density at radius 2 is 1.70 bits per heavy atom. The Bertz CT molecular complexity index is 506. The summed E-state index contributed by atoms with van der Waals surface area (Å²) in [6.07, 6.45) is 4.67. The molecule has 2 aliphatic rings. The van der Waals surface area contributed by atoms with Gasteiger partial charge in [-0.3, -0.25) is 4.79 Å². The van der Waals surface area contributed by atoms with E-state index in [4.69, 9.17) is 0 Å². The predicted octanol–water partition coefficient (Wildman–Crippen LogP) is 2.96. The number of piperidine rings is 1. The maximum Gasteiger partial charge on any atom is 0.239 e. The van der Waals surface area contributed by atoms with Crippen LogP contribution in [0.3, 0.4) is 0 Å². The van der Waals surface area contributed by atoms with Crippen LogP contribution < -0.4 is 16.0 Å². The van der Waals surface area contributed by atoms with Crippen molar-refractivity contribution in [2.75, 3.05) is 11.9 Å². The van der Waals surface area contributed by atoms with Gasteiger partial charge in [-0.25, -0.2) is 0 Å². The molecule has 0 saturated carbocycles. The fraction of sp³-hybridized carbons (Fsp3) is 0.588. The highest BCUT2D eigenvalue weighted by molar-refractivity contribution is 5.85. The molecule has 1 amide bonds. The lowest BCUT2D eigenvalue weighted by Gasteiger charge is -2.29. The first-order valence-corrected chi connectivity index (χ1v) is 7.97. The van der Waals surface area contributed by atoms with Crippen molar-refractivity contribution in [1.29, 1.82) is 0 Å². The van der Waals surface area contributed by atoms with E-state index in [1.54, 1.807) is 0 Å². The highest BCUT2D eigenvalue weighted by Crippen LogP contribution is 2.26. The number of hydrogen-bond donors (Lipinski definition) is 3. The quantitative estimate of drug-likeness (QED) is 0.774.